The van der Waals surface area contributed by atoms with Crippen molar-refractivity contribution in [3.05, 3.63) is 143 Å². The third-order valence-corrected chi connectivity index (χ3v) is 10.9. The molecule has 6 aromatic rings. The molecule has 19 nitrogen and oxygen atoms in total. The molecule has 21 heteroatoms. The van der Waals surface area contributed by atoms with Crippen LogP contribution in [0.5, 0.6) is 11.5 Å². The van der Waals surface area contributed by atoms with E-state index in [9.17, 15) is 37.5 Å². The van der Waals surface area contributed by atoms with Crippen molar-refractivity contribution < 1.29 is 52.1 Å². The van der Waals surface area contributed by atoms with Gasteiger partial charge >= 0.3 is 5.97 Å². The van der Waals surface area contributed by atoms with Crippen LogP contribution in [-0.2, 0) is 45.1 Å². The number of aryl methyl sites for hydroxylation is 2. The fourth-order valence-electron chi connectivity index (χ4n) is 7.18. The Hall–Kier alpha value is -8.36. The number of carbonyl (C=O) groups is 6. The number of amides is 4. The highest BCUT2D eigenvalue weighted by molar-refractivity contribution is 6.03. The van der Waals surface area contributed by atoms with Crippen molar-refractivity contribution in [3.63, 3.8) is 0 Å². The van der Waals surface area contributed by atoms with Crippen LogP contribution in [0.25, 0.3) is 0 Å². The van der Waals surface area contributed by atoms with Crippen LogP contribution in [0.4, 0.5) is 20.2 Å². The normalized spacial score (nSPS) is 15.3. The maximum absolute atomic E-state index is 13.9. The number of halogens is 2. The van der Waals surface area contributed by atoms with Crippen molar-refractivity contribution in [2.45, 2.75) is 57.8 Å². The minimum Gasteiger partial charge on any atom is -0.489 e. The summed E-state index contributed by atoms with van der Waals surface area (Å²) in [5.41, 5.74) is 3.51. The summed E-state index contributed by atoms with van der Waals surface area (Å²) in [6.07, 6.45) is 3.89. The lowest BCUT2D eigenvalue weighted by Gasteiger charge is -2.20. The average Bonchev–Trinajstić information content (AvgIpc) is 3.97. The smallest absolute Gasteiger partial charge is 0.303 e. The quantitative estimate of drug-likeness (QED) is 0.141. The Kier molecular flexibility index (Phi) is 14.9. The van der Waals surface area contributed by atoms with Gasteiger partial charge in [-0.3, -0.25) is 24.0 Å². The highest BCUT2D eigenvalue weighted by Gasteiger charge is 2.33. The van der Waals surface area contributed by atoms with E-state index in [-0.39, 0.29) is 67.7 Å². The molecule has 2 aliphatic rings. The molecule has 0 spiro atoms. The van der Waals surface area contributed by atoms with Gasteiger partial charge in [-0.15, -0.1) is 10.2 Å². The summed E-state index contributed by atoms with van der Waals surface area (Å²) < 4.78 is 41.9. The Morgan fingerprint density at radius 1 is 0.662 bits per heavy atom. The molecule has 0 aliphatic carbocycles. The number of anilines is 2. The van der Waals surface area contributed by atoms with E-state index in [0.29, 0.717) is 53.3 Å². The number of likely N-dealkylation sites (N-methyl/N-ethyl adjacent to an activating group) is 2. The maximum atomic E-state index is 13.9. The zero-order valence-electron chi connectivity index (χ0n) is 37.1. The Morgan fingerprint density at radius 3 is 1.50 bits per heavy atom. The number of Topliss-reactive ketones (excluding diaryl/α,β-unsaturated/α-hetero) is 1. The molecule has 352 valence electrons. The van der Waals surface area contributed by atoms with E-state index >= 15 is 0 Å². The second-order valence-electron chi connectivity index (χ2n) is 15.9. The molecule has 68 heavy (non-hydrogen) atoms. The topological polar surface area (TPSA) is 233 Å². The SMILES string of the molecule is CC(=O)CCc1ccc2c(c1)N(C)C(=O)C(NC(=O)c1ncn(Cc3ccccc3F)n1)CO2.CN1C(=O)C(NC(=O)c2ncn(Cc3ccccc3F)n2)COc2ccc(CCC(=O)O)cc21. The van der Waals surface area contributed by atoms with Gasteiger partial charge in [0, 0.05) is 38.1 Å². The van der Waals surface area contributed by atoms with Gasteiger partial charge in [0.25, 0.3) is 23.6 Å². The molecule has 4 aromatic carbocycles. The minimum absolute atomic E-state index is 0.0352. The fraction of sp³-hybridized carbons (Fsp3) is 0.277. The van der Waals surface area contributed by atoms with Crippen LogP contribution >= 0.6 is 0 Å². The Balaban J connectivity index is 0.000000201. The van der Waals surface area contributed by atoms with Crippen molar-refractivity contribution >= 4 is 46.8 Å². The summed E-state index contributed by atoms with van der Waals surface area (Å²) in [7, 11) is 3.16. The third-order valence-electron chi connectivity index (χ3n) is 10.9. The molecule has 4 amide bonds. The third kappa shape index (κ3) is 11.7. The number of carboxylic acids is 1. The van der Waals surface area contributed by atoms with Crippen molar-refractivity contribution in [1.29, 1.82) is 0 Å². The van der Waals surface area contributed by atoms with E-state index < -0.39 is 35.8 Å². The zero-order valence-corrected chi connectivity index (χ0v) is 37.1. The lowest BCUT2D eigenvalue weighted by atomic mass is 10.1. The van der Waals surface area contributed by atoms with Gasteiger partial charge in [0.05, 0.1) is 24.5 Å². The van der Waals surface area contributed by atoms with E-state index in [1.54, 1.807) is 74.8 Å². The second-order valence-corrected chi connectivity index (χ2v) is 15.9. The number of hydrogen-bond acceptors (Lipinski definition) is 12. The van der Waals surface area contributed by atoms with E-state index in [0.717, 1.165) is 11.1 Å². The van der Waals surface area contributed by atoms with Crippen LogP contribution in [0.15, 0.2) is 97.6 Å². The molecule has 0 bridgehead atoms. The number of aliphatic carboxylic acids is 1. The number of hydrogen-bond donors (Lipinski definition) is 3. The first-order chi connectivity index (χ1) is 32.6. The van der Waals surface area contributed by atoms with Gasteiger partial charge in [0.15, 0.2) is 0 Å². The van der Waals surface area contributed by atoms with E-state index in [2.05, 4.69) is 30.8 Å². The number of nitrogens with one attached hydrogen (secondary N) is 2. The summed E-state index contributed by atoms with van der Waals surface area (Å²) in [5, 5.41) is 22.3. The van der Waals surface area contributed by atoms with Gasteiger partial charge in [-0.1, -0.05) is 48.5 Å². The second kappa shape index (κ2) is 21.3. The molecule has 2 aromatic heterocycles. The number of carbonyl (C=O) groups excluding carboxylic acids is 5. The number of carboxylic acid groups (broad SMARTS) is 1. The van der Waals surface area contributed by atoms with Gasteiger partial charge in [-0.25, -0.2) is 28.1 Å². The first kappa shape index (κ1) is 47.6. The van der Waals surface area contributed by atoms with Gasteiger partial charge in [-0.05, 0) is 67.3 Å². The summed E-state index contributed by atoms with van der Waals surface area (Å²) in [6.45, 7) is 1.58. The molecule has 0 saturated carbocycles. The number of ether oxygens (including phenoxy) is 2. The molecule has 2 unspecified atom stereocenters. The van der Waals surface area contributed by atoms with Gasteiger partial charge in [-0.2, -0.15) is 0 Å². The van der Waals surface area contributed by atoms with Gasteiger partial charge in [0.1, 0.15) is 66.9 Å². The molecule has 3 N–H and O–H groups in total. The number of aromatic nitrogens is 6. The minimum atomic E-state index is -0.995. The number of ketones is 1. The summed E-state index contributed by atoms with van der Waals surface area (Å²) in [6, 6.07) is 21.1. The average molecular weight is 933 g/mol. The van der Waals surface area contributed by atoms with Crippen LogP contribution < -0.4 is 29.9 Å². The van der Waals surface area contributed by atoms with Crippen molar-refractivity contribution in [3.8, 4) is 11.5 Å². The van der Waals surface area contributed by atoms with E-state index in [4.69, 9.17) is 14.6 Å². The highest BCUT2D eigenvalue weighted by atomic mass is 19.1. The molecule has 2 atom stereocenters. The van der Waals surface area contributed by atoms with Crippen molar-refractivity contribution in [2.24, 2.45) is 0 Å². The van der Waals surface area contributed by atoms with Crippen LogP contribution in [0.1, 0.15) is 63.3 Å². The van der Waals surface area contributed by atoms with E-state index in [1.807, 2.05) is 12.1 Å². The van der Waals surface area contributed by atoms with Crippen molar-refractivity contribution in [1.82, 2.24) is 40.2 Å². The summed E-state index contributed by atoms with van der Waals surface area (Å²) in [5.74, 6) is -3.03. The number of fused-ring (bicyclic) bond motifs is 2. The lowest BCUT2D eigenvalue weighted by Crippen LogP contribution is -2.49. The number of rotatable bonds is 14. The first-order valence-electron chi connectivity index (χ1n) is 21.3. The highest BCUT2D eigenvalue weighted by Crippen LogP contribution is 2.33. The lowest BCUT2D eigenvalue weighted by molar-refractivity contribution is -0.137. The van der Waals surface area contributed by atoms with E-state index in [1.165, 1.54) is 50.9 Å². The predicted molar refractivity (Wildman–Crippen MR) is 239 cm³/mol. The summed E-state index contributed by atoms with van der Waals surface area (Å²) in [4.78, 5) is 84.3. The zero-order chi connectivity index (χ0) is 48.5. The van der Waals surface area contributed by atoms with Crippen LogP contribution in [0.3, 0.4) is 0 Å². The predicted octanol–water partition coefficient (Wildman–Crippen LogP) is 3.78. The van der Waals surface area contributed by atoms with Crippen LogP contribution in [0, 0.1) is 11.6 Å². The van der Waals surface area contributed by atoms with Crippen LogP contribution in [-0.4, -0.2) is 109 Å². The Morgan fingerprint density at radius 2 is 1.09 bits per heavy atom. The maximum Gasteiger partial charge on any atom is 0.303 e. The molecule has 0 radical (unpaired) electrons. The van der Waals surface area contributed by atoms with Gasteiger partial charge < -0.3 is 39.8 Å². The number of nitrogens with zero attached hydrogens (tertiary/aromatic N) is 8. The molecule has 0 saturated heterocycles. The molecular weight excluding hydrogens is 887 g/mol. The Labute approximate surface area is 387 Å². The monoisotopic (exact) mass is 932 g/mol. The number of benzene rings is 4. The molecular formula is C47H46F2N10O9. The molecule has 2 aliphatic heterocycles. The van der Waals surface area contributed by atoms with Crippen molar-refractivity contribution in [2.75, 3.05) is 37.1 Å². The largest absolute Gasteiger partial charge is 0.489 e. The molecule has 0 fully saturated rings. The first-order valence-corrected chi connectivity index (χ1v) is 21.3. The van der Waals surface area contributed by atoms with Crippen LogP contribution in [0.2, 0.25) is 0 Å². The Bertz CT molecular complexity index is 2680. The fourth-order valence-corrected chi connectivity index (χ4v) is 7.18. The standard InChI is InChI=1S/C24H24FN5O4.C23H22FN5O5/c1-15(31)7-8-16-9-10-21-20(11-16)29(2)24(33)19(13-34-21)27-23(32)22-26-14-30(28-22)12-17-5-3-4-6-18(17)25;1-28-18-10-14(7-9-20(30)31)6-8-19(18)34-12-17(23(28)33)26-22(32)21-25-13-29(27-21)11-15-4-2-3-5-16(15)24/h3-6,9-11,14,19H,7-8,12-13H2,1-2H3,(H,27,32);2-6,8,10,13,17H,7,9,11-12H2,1H3,(H,26,32)(H,30,31). The molecule has 8 rings (SSSR count). The molecule has 4 heterocycles. The summed E-state index contributed by atoms with van der Waals surface area (Å²) >= 11 is 0. The van der Waals surface area contributed by atoms with Gasteiger partial charge in [0.2, 0.25) is 11.6 Å².